The maximum absolute atomic E-state index is 8.84. The van der Waals surface area contributed by atoms with Gasteiger partial charge in [-0.2, -0.15) is 0 Å². The molecule has 1 heterocycles. The predicted octanol–water partition coefficient (Wildman–Crippen LogP) is 3.27. The Morgan fingerprint density at radius 2 is 1.60 bits per heavy atom. The van der Waals surface area contributed by atoms with Crippen molar-refractivity contribution in [1.82, 2.24) is 0 Å². The Morgan fingerprint density at radius 1 is 0.950 bits per heavy atom. The SMILES string of the molecule is CCOC(C)OCCCCCCCCC[C@@H]1O[C@H]1CO. The number of hydrogen-bond donors (Lipinski definition) is 1. The number of hydrogen-bond acceptors (Lipinski definition) is 4. The molecule has 0 aromatic carbocycles. The minimum atomic E-state index is -0.0626. The standard InChI is InChI=1S/C16H32O4/c1-3-18-14(2)19-12-10-8-6-4-5-7-9-11-15-16(13-17)20-15/h14-17H,3-13H2,1-2H3/t14?,15-,16-/m0/s1. The van der Waals surface area contributed by atoms with Gasteiger partial charge in [0.2, 0.25) is 0 Å². The molecule has 20 heavy (non-hydrogen) atoms. The maximum Gasteiger partial charge on any atom is 0.154 e. The van der Waals surface area contributed by atoms with Gasteiger partial charge in [-0.1, -0.05) is 38.5 Å². The van der Waals surface area contributed by atoms with Crippen LogP contribution in [0.5, 0.6) is 0 Å². The summed E-state index contributed by atoms with van der Waals surface area (Å²) in [7, 11) is 0. The predicted molar refractivity (Wildman–Crippen MR) is 79.7 cm³/mol. The van der Waals surface area contributed by atoms with Crippen LogP contribution >= 0.6 is 0 Å². The van der Waals surface area contributed by atoms with E-state index in [9.17, 15) is 0 Å². The van der Waals surface area contributed by atoms with Crippen LogP contribution in [0.15, 0.2) is 0 Å². The molecule has 0 spiro atoms. The van der Waals surface area contributed by atoms with Crippen molar-refractivity contribution in [3.63, 3.8) is 0 Å². The molecule has 3 atom stereocenters. The van der Waals surface area contributed by atoms with E-state index in [2.05, 4.69) is 0 Å². The lowest BCUT2D eigenvalue weighted by Crippen LogP contribution is -2.13. The Bertz CT molecular complexity index is 213. The summed E-state index contributed by atoms with van der Waals surface area (Å²) in [4.78, 5) is 0. The second-order valence-corrected chi connectivity index (χ2v) is 5.55. The van der Waals surface area contributed by atoms with Crippen LogP contribution in [0.2, 0.25) is 0 Å². The average molecular weight is 288 g/mol. The van der Waals surface area contributed by atoms with Gasteiger partial charge in [0.15, 0.2) is 6.29 Å². The molecule has 1 aliphatic heterocycles. The molecule has 0 amide bonds. The monoisotopic (exact) mass is 288 g/mol. The van der Waals surface area contributed by atoms with Crippen molar-refractivity contribution in [1.29, 1.82) is 0 Å². The number of aliphatic hydroxyl groups excluding tert-OH is 1. The second-order valence-electron chi connectivity index (χ2n) is 5.55. The number of unbranched alkanes of at least 4 members (excludes halogenated alkanes) is 6. The smallest absolute Gasteiger partial charge is 0.154 e. The Hall–Kier alpha value is -0.160. The van der Waals surface area contributed by atoms with Crippen molar-refractivity contribution < 1.29 is 19.3 Å². The zero-order valence-corrected chi connectivity index (χ0v) is 13.2. The first-order chi connectivity index (χ1) is 9.77. The van der Waals surface area contributed by atoms with Crippen LogP contribution in [0.4, 0.5) is 0 Å². The molecule has 0 bridgehead atoms. The zero-order chi connectivity index (χ0) is 14.6. The van der Waals surface area contributed by atoms with Gasteiger partial charge in [-0.15, -0.1) is 0 Å². The number of epoxide rings is 1. The van der Waals surface area contributed by atoms with E-state index in [1.54, 1.807) is 0 Å². The summed E-state index contributed by atoms with van der Waals surface area (Å²) in [6.45, 7) is 5.65. The topological polar surface area (TPSA) is 51.2 Å². The summed E-state index contributed by atoms with van der Waals surface area (Å²) in [6.07, 6.45) is 10.4. The van der Waals surface area contributed by atoms with Crippen molar-refractivity contribution in [2.75, 3.05) is 19.8 Å². The Balaban J connectivity index is 1.70. The molecule has 4 heteroatoms. The van der Waals surface area contributed by atoms with Gasteiger partial charge in [-0.05, 0) is 26.7 Å². The first kappa shape index (κ1) is 17.9. The van der Waals surface area contributed by atoms with Gasteiger partial charge in [0.1, 0.15) is 6.10 Å². The van der Waals surface area contributed by atoms with Crippen molar-refractivity contribution >= 4 is 0 Å². The highest BCUT2D eigenvalue weighted by Crippen LogP contribution is 2.26. The number of ether oxygens (including phenoxy) is 3. The highest BCUT2D eigenvalue weighted by molar-refractivity contribution is 4.83. The third-order valence-electron chi connectivity index (χ3n) is 3.75. The third-order valence-corrected chi connectivity index (χ3v) is 3.75. The molecule has 1 fully saturated rings. The Labute approximate surface area is 123 Å². The minimum absolute atomic E-state index is 0.0626. The lowest BCUT2D eigenvalue weighted by atomic mass is 10.1. The molecule has 1 aliphatic rings. The fraction of sp³-hybridized carbons (Fsp3) is 1.00. The van der Waals surface area contributed by atoms with Crippen LogP contribution in [0, 0.1) is 0 Å². The summed E-state index contributed by atoms with van der Waals surface area (Å²) in [6, 6.07) is 0. The summed E-state index contributed by atoms with van der Waals surface area (Å²) in [5, 5.41) is 8.84. The lowest BCUT2D eigenvalue weighted by Gasteiger charge is -2.12. The summed E-state index contributed by atoms with van der Waals surface area (Å²) >= 11 is 0. The van der Waals surface area contributed by atoms with Crippen molar-refractivity contribution in [2.45, 2.75) is 83.7 Å². The lowest BCUT2D eigenvalue weighted by molar-refractivity contribution is -0.127. The van der Waals surface area contributed by atoms with E-state index < -0.39 is 0 Å². The molecular formula is C16H32O4. The van der Waals surface area contributed by atoms with Crippen LogP contribution in [-0.2, 0) is 14.2 Å². The van der Waals surface area contributed by atoms with Gasteiger partial charge in [0.05, 0.1) is 12.7 Å². The fourth-order valence-electron chi connectivity index (χ4n) is 2.46. The molecule has 0 saturated carbocycles. The van der Waals surface area contributed by atoms with Crippen LogP contribution in [0.25, 0.3) is 0 Å². The van der Waals surface area contributed by atoms with E-state index in [0.717, 1.165) is 19.4 Å². The molecule has 1 rings (SSSR count). The molecular weight excluding hydrogens is 256 g/mol. The Morgan fingerprint density at radius 3 is 2.20 bits per heavy atom. The average Bonchev–Trinajstić information content (AvgIpc) is 3.20. The second kappa shape index (κ2) is 11.5. The van der Waals surface area contributed by atoms with Gasteiger partial charge in [0, 0.05) is 13.2 Å². The van der Waals surface area contributed by atoms with Crippen LogP contribution in [-0.4, -0.2) is 43.4 Å². The van der Waals surface area contributed by atoms with Gasteiger partial charge >= 0.3 is 0 Å². The number of aliphatic hydroxyl groups is 1. The molecule has 1 saturated heterocycles. The molecule has 120 valence electrons. The molecule has 1 unspecified atom stereocenters. The fourth-order valence-corrected chi connectivity index (χ4v) is 2.46. The normalized spacial score (nSPS) is 22.9. The summed E-state index contributed by atoms with van der Waals surface area (Å²) < 4.78 is 16.1. The number of rotatable bonds is 14. The van der Waals surface area contributed by atoms with E-state index in [0.29, 0.717) is 12.7 Å². The van der Waals surface area contributed by atoms with Gasteiger partial charge in [-0.25, -0.2) is 0 Å². The van der Waals surface area contributed by atoms with E-state index in [4.69, 9.17) is 19.3 Å². The van der Waals surface area contributed by atoms with E-state index >= 15 is 0 Å². The largest absolute Gasteiger partial charge is 0.394 e. The van der Waals surface area contributed by atoms with Crippen LogP contribution in [0.3, 0.4) is 0 Å². The molecule has 0 aromatic rings. The van der Waals surface area contributed by atoms with Crippen molar-refractivity contribution in [3.8, 4) is 0 Å². The summed E-state index contributed by atoms with van der Waals surface area (Å²) in [5.74, 6) is 0. The molecule has 0 radical (unpaired) electrons. The molecule has 0 aliphatic carbocycles. The molecule has 1 N–H and O–H groups in total. The Kier molecular flexibility index (Phi) is 10.3. The van der Waals surface area contributed by atoms with Gasteiger partial charge in [-0.3, -0.25) is 0 Å². The highest BCUT2D eigenvalue weighted by Gasteiger charge is 2.36. The first-order valence-electron chi connectivity index (χ1n) is 8.27. The van der Waals surface area contributed by atoms with Gasteiger partial charge in [0.25, 0.3) is 0 Å². The quantitative estimate of drug-likeness (QED) is 0.303. The minimum Gasteiger partial charge on any atom is -0.394 e. The van der Waals surface area contributed by atoms with Crippen LogP contribution < -0.4 is 0 Å². The van der Waals surface area contributed by atoms with Crippen molar-refractivity contribution in [3.05, 3.63) is 0 Å². The van der Waals surface area contributed by atoms with E-state index in [-0.39, 0.29) is 19.0 Å². The van der Waals surface area contributed by atoms with E-state index in [1.807, 2.05) is 13.8 Å². The van der Waals surface area contributed by atoms with E-state index in [1.165, 1.54) is 38.5 Å². The maximum atomic E-state index is 8.84. The van der Waals surface area contributed by atoms with Crippen LogP contribution in [0.1, 0.15) is 65.2 Å². The van der Waals surface area contributed by atoms with Crippen molar-refractivity contribution in [2.24, 2.45) is 0 Å². The third kappa shape index (κ3) is 8.90. The molecule has 4 nitrogen and oxygen atoms in total. The highest BCUT2D eigenvalue weighted by atomic mass is 16.7. The zero-order valence-electron chi connectivity index (χ0n) is 13.2. The summed E-state index contributed by atoms with van der Waals surface area (Å²) in [5.41, 5.74) is 0. The molecule has 0 aromatic heterocycles. The van der Waals surface area contributed by atoms with Gasteiger partial charge < -0.3 is 19.3 Å². The first-order valence-corrected chi connectivity index (χ1v) is 8.27.